The van der Waals surface area contributed by atoms with E-state index in [2.05, 4.69) is 10.3 Å². The summed E-state index contributed by atoms with van der Waals surface area (Å²) in [7, 11) is -3.70. The van der Waals surface area contributed by atoms with Crippen molar-refractivity contribution in [2.75, 3.05) is 25.0 Å². The molecular formula is C20H22ClN3O5S. The minimum Gasteiger partial charge on any atom is -0.452 e. The second kappa shape index (κ2) is 9.55. The van der Waals surface area contributed by atoms with E-state index in [9.17, 15) is 18.0 Å². The molecule has 10 heteroatoms. The molecule has 0 aliphatic carbocycles. The number of rotatable bonds is 6. The zero-order chi connectivity index (χ0) is 21.7. The number of nitrogens with zero attached hydrogens (tertiary/aromatic N) is 2. The number of aromatic nitrogens is 1. The van der Waals surface area contributed by atoms with Crippen LogP contribution in [0.1, 0.15) is 35.2 Å². The van der Waals surface area contributed by atoms with Crippen LogP contribution in [-0.2, 0) is 19.6 Å². The van der Waals surface area contributed by atoms with Crippen LogP contribution in [0.3, 0.4) is 0 Å². The third kappa shape index (κ3) is 5.35. The van der Waals surface area contributed by atoms with Gasteiger partial charge in [-0.05, 0) is 49.6 Å². The van der Waals surface area contributed by atoms with Gasteiger partial charge in [0.05, 0.1) is 15.5 Å². The van der Waals surface area contributed by atoms with E-state index in [0.29, 0.717) is 23.7 Å². The summed E-state index contributed by atoms with van der Waals surface area (Å²) in [5, 5.41) is 2.90. The first-order valence-electron chi connectivity index (χ1n) is 9.47. The average molecular weight is 452 g/mol. The highest BCUT2D eigenvalue weighted by Gasteiger charge is 2.28. The van der Waals surface area contributed by atoms with Crippen molar-refractivity contribution in [3.63, 3.8) is 0 Å². The van der Waals surface area contributed by atoms with Crippen LogP contribution in [0.25, 0.3) is 0 Å². The number of halogens is 1. The molecule has 1 aromatic carbocycles. The number of nitrogens with one attached hydrogen (secondary N) is 1. The summed E-state index contributed by atoms with van der Waals surface area (Å²) in [4.78, 5) is 28.3. The molecule has 0 bridgehead atoms. The highest BCUT2D eigenvalue weighted by atomic mass is 35.5. The summed E-state index contributed by atoms with van der Waals surface area (Å²) < 4.78 is 32.4. The third-order valence-electron chi connectivity index (χ3n) is 4.69. The Balaban J connectivity index is 1.67. The SMILES string of the molecule is Cc1ccc(C(=O)OCC(=O)Nc2ccc(Cl)cn2)cc1S(=O)(=O)N1CCCCC1. The Labute approximate surface area is 180 Å². The van der Waals surface area contributed by atoms with Gasteiger partial charge in [-0.15, -0.1) is 0 Å². The van der Waals surface area contributed by atoms with Crippen LogP contribution in [0.15, 0.2) is 41.4 Å². The molecule has 1 fully saturated rings. The maximum atomic E-state index is 13.0. The van der Waals surface area contributed by atoms with E-state index >= 15 is 0 Å². The lowest BCUT2D eigenvalue weighted by atomic mass is 10.1. The van der Waals surface area contributed by atoms with Crippen molar-refractivity contribution in [1.82, 2.24) is 9.29 Å². The van der Waals surface area contributed by atoms with Gasteiger partial charge in [0.2, 0.25) is 10.0 Å². The summed E-state index contributed by atoms with van der Waals surface area (Å²) in [6.45, 7) is 2.08. The van der Waals surface area contributed by atoms with Crippen LogP contribution >= 0.6 is 11.6 Å². The summed E-state index contributed by atoms with van der Waals surface area (Å²) >= 11 is 5.73. The molecule has 3 rings (SSSR count). The lowest BCUT2D eigenvalue weighted by molar-refractivity contribution is -0.119. The predicted octanol–water partition coefficient (Wildman–Crippen LogP) is 3.01. The van der Waals surface area contributed by atoms with Crippen LogP contribution in [0.5, 0.6) is 0 Å². The first kappa shape index (κ1) is 22.2. The summed E-state index contributed by atoms with van der Waals surface area (Å²) in [6.07, 6.45) is 4.01. The van der Waals surface area contributed by atoms with E-state index in [0.717, 1.165) is 19.3 Å². The molecule has 1 N–H and O–H groups in total. The van der Waals surface area contributed by atoms with Gasteiger partial charge in [-0.25, -0.2) is 18.2 Å². The fourth-order valence-electron chi connectivity index (χ4n) is 3.09. The zero-order valence-corrected chi connectivity index (χ0v) is 18.0. The summed E-state index contributed by atoms with van der Waals surface area (Å²) in [5.41, 5.74) is 0.609. The predicted molar refractivity (Wildman–Crippen MR) is 112 cm³/mol. The molecule has 2 heterocycles. The smallest absolute Gasteiger partial charge is 0.338 e. The number of carbonyl (C=O) groups excluding carboxylic acids is 2. The fraction of sp³-hybridized carbons (Fsp3) is 0.350. The standard InChI is InChI=1S/C20H22ClN3O5S/c1-14-5-6-15(11-17(14)30(27,28)24-9-3-2-4-10-24)20(26)29-13-19(25)23-18-8-7-16(21)12-22-18/h5-8,11-12H,2-4,9-10,13H2,1H3,(H,22,23,25). The molecule has 8 nitrogen and oxygen atoms in total. The second-order valence-corrected chi connectivity index (χ2v) is 9.27. The van der Waals surface area contributed by atoms with Gasteiger partial charge in [0.15, 0.2) is 6.61 Å². The fourth-order valence-corrected chi connectivity index (χ4v) is 4.97. The Morgan fingerprint density at radius 1 is 1.17 bits per heavy atom. The number of pyridine rings is 1. The van der Waals surface area contributed by atoms with Gasteiger partial charge < -0.3 is 10.1 Å². The minimum absolute atomic E-state index is 0.0635. The van der Waals surface area contributed by atoms with E-state index in [-0.39, 0.29) is 16.3 Å². The first-order valence-corrected chi connectivity index (χ1v) is 11.3. The van der Waals surface area contributed by atoms with Crippen LogP contribution < -0.4 is 5.32 Å². The molecule has 0 atom stereocenters. The zero-order valence-electron chi connectivity index (χ0n) is 16.4. The first-order chi connectivity index (χ1) is 14.3. The van der Waals surface area contributed by atoms with Crippen LogP contribution in [0.2, 0.25) is 5.02 Å². The molecule has 1 saturated heterocycles. The number of hydrogen-bond donors (Lipinski definition) is 1. The van der Waals surface area contributed by atoms with E-state index in [4.69, 9.17) is 16.3 Å². The number of esters is 1. The van der Waals surface area contributed by atoms with Gasteiger partial charge in [-0.3, -0.25) is 4.79 Å². The van der Waals surface area contributed by atoms with Gasteiger partial charge in [0, 0.05) is 19.3 Å². The van der Waals surface area contributed by atoms with Gasteiger partial charge >= 0.3 is 5.97 Å². The molecule has 2 aromatic rings. The van der Waals surface area contributed by atoms with E-state index in [1.54, 1.807) is 19.1 Å². The summed E-state index contributed by atoms with van der Waals surface area (Å²) in [5.74, 6) is -1.10. The minimum atomic E-state index is -3.70. The van der Waals surface area contributed by atoms with E-state index in [1.807, 2.05) is 0 Å². The van der Waals surface area contributed by atoms with Crippen molar-refractivity contribution in [3.8, 4) is 0 Å². The van der Waals surface area contributed by atoms with Crippen molar-refractivity contribution >= 4 is 39.3 Å². The molecular weight excluding hydrogens is 430 g/mol. The number of aryl methyl sites for hydroxylation is 1. The third-order valence-corrected chi connectivity index (χ3v) is 6.95. The van der Waals surface area contributed by atoms with E-state index < -0.39 is 28.5 Å². The second-order valence-electron chi connectivity index (χ2n) is 6.93. The highest BCUT2D eigenvalue weighted by Crippen LogP contribution is 2.24. The topological polar surface area (TPSA) is 106 Å². The molecule has 0 spiro atoms. The maximum absolute atomic E-state index is 13.0. The molecule has 1 aromatic heterocycles. The molecule has 0 radical (unpaired) electrons. The molecule has 30 heavy (non-hydrogen) atoms. The normalized spacial score (nSPS) is 14.9. The lowest BCUT2D eigenvalue weighted by Crippen LogP contribution is -2.36. The molecule has 1 aliphatic rings. The van der Waals surface area contributed by atoms with Gasteiger partial charge in [0.1, 0.15) is 5.82 Å². The molecule has 1 aliphatic heterocycles. The molecule has 1 amide bonds. The summed E-state index contributed by atoms with van der Waals surface area (Å²) in [6, 6.07) is 7.42. The maximum Gasteiger partial charge on any atom is 0.338 e. The Kier molecular flexibility index (Phi) is 7.06. The Hall–Kier alpha value is -2.49. The van der Waals surface area contributed by atoms with Crippen LogP contribution in [-0.4, -0.2) is 49.3 Å². The van der Waals surface area contributed by atoms with Crippen molar-refractivity contribution in [1.29, 1.82) is 0 Å². The van der Waals surface area contributed by atoms with Crippen LogP contribution in [0.4, 0.5) is 5.82 Å². The number of piperidine rings is 1. The number of anilines is 1. The monoisotopic (exact) mass is 451 g/mol. The van der Waals surface area contributed by atoms with Crippen molar-refractivity contribution in [3.05, 3.63) is 52.7 Å². The molecule has 0 saturated carbocycles. The quantitative estimate of drug-likeness (QED) is 0.677. The number of hydrogen-bond acceptors (Lipinski definition) is 6. The largest absolute Gasteiger partial charge is 0.452 e. The van der Waals surface area contributed by atoms with Crippen molar-refractivity contribution in [2.24, 2.45) is 0 Å². The van der Waals surface area contributed by atoms with Gasteiger partial charge in [0.25, 0.3) is 5.91 Å². The van der Waals surface area contributed by atoms with Crippen LogP contribution in [0, 0.1) is 6.92 Å². The Bertz CT molecular complexity index is 1030. The highest BCUT2D eigenvalue weighted by molar-refractivity contribution is 7.89. The molecule has 160 valence electrons. The Morgan fingerprint density at radius 2 is 1.90 bits per heavy atom. The van der Waals surface area contributed by atoms with Crippen molar-refractivity contribution < 1.29 is 22.7 Å². The van der Waals surface area contributed by atoms with E-state index in [1.165, 1.54) is 28.7 Å². The van der Waals surface area contributed by atoms with Gasteiger partial charge in [-0.2, -0.15) is 4.31 Å². The number of carbonyl (C=O) groups is 2. The number of ether oxygens (including phenoxy) is 1. The van der Waals surface area contributed by atoms with Crippen molar-refractivity contribution in [2.45, 2.75) is 31.1 Å². The number of amides is 1. The Morgan fingerprint density at radius 3 is 2.57 bits per heavy atom. The average Bonchev–Trinajstić information content (AvgIpc) is 2.74. The number of sulfonamides is 1. The lowest BCUT2D eigenvalue weighted by Gasteiger charge is -2.26. The number of benzene rings is 1. The van der Waals surface area contributed by atoms with Gasteiger partial charge in [-0.1, -0.05) is 24.1 Å². The molecule has 0 unspecified atom stereocenters.